The maximum atomic E-state index is 5.34. The van der Waals surface area contributed by atoms with Crippen molar-refractivity contribution in [2.24, 2.45) is 0 Å². The van der Waals surface area contributed by atoms with E-state index in [4.69, 9.17) is 4.74 Å². The van der Waals surface area contributed by atoms with Crippen molar-refractivity contribution in [2.45, 2.75) is 30.6 Å². The zero-order valence-corrected chi connectivity index (χ0v) is 12.1. The minimum atomic E-state index is 0.300. The number of ether oxygens (including phenoxy) is 1. The molecule has 0 saturated carbocycles. The van der Waals surface area contributed by atoms with E-state index < -0.39 is 0 Å². The molecule has 0 aromatic heterocycles. The van der Waals surface area contributed by atoms with Gasteiger partial charge in [0, 0.05) is 18.4 Å². The third kappa shape index (κ3) is 3.74. The molecule has 0 bridgehead atoms. The third-order valence-corrected chi connectivity index (χ3v) is 5.10. The van der Waals surface area contributed by atoms with E-state index in [0.717, 1.165) is 13.2 Å². The maximum Gasteiger partial charge on any atom is 0.0657 e. The molecule has 2 nitrogen and oxygen atoms in total. The Morgan fingerprint density at radius 3 is 2.78 bits per heavy atom. The molecule has 100 valence electrons. The monoisotopic (exact) mass is 265 g/mol. The number of hydrogen-bond acceptors (Lipinski definition) is 3. The van der Waals surface area contributed by atoms with Crippen LogP contribution in [0.25, 0.3) is 0 Å². The van der Waals surface area contributed by atoms with Crippen LogP contribution >= 0.6 is 11.8 Å². The standard InChI is InChI=1S/C15H23NOS/c1-15(9-6-10-18-15)12-16-14(11-17-2)13-7-4-3-5-8-13/h3-5,7-8,14,16H,6,9-12H2,1-2H3. The fourth-order valence-corrected chi connectivity index (χ4v) is 3.70. The molecular weight excluding hydrogens is 242 g/mol. The van der Waals surface area contributed by atoms with Crippen molar-refractivity contribution in [2.75, 3.05) is 26.0 Å². The Hall–Kier alpha value is -0.510. The van der Waals surface area contributed by atoms with Gasteiger partial charge in [-0.3, -0.25) is 0 Å². The summed E-state index contributed by atoms with van der Waals surface area (Å²) in [5, 5.41) is 3.67. The molecule has 2 rings (SSSR count). The molecule has 18 heavy (non-hydrogen) atoms. The van der Waals surface area contributed by atoms with Gasteiger partial charge in [0.2, 0.25) is 0 Å². The predicted molar refractivity (Wildman–Crippen MR) is 79.2 cm³/mol. The topological polar surface area (TPSA) is 21.3 Å². The lowest BCUT2D eigenvalue weighted by atomic mass is 10.0. The van der Waals surface area contributed by atoms with E-state index in [0.29, 0.717) is 10.8 Å². The van der Waals surface area contributed by atoms with Crippen LogP contribution in [0.3, 0.4) is 0 Å². The average molecular weight is 265 g/mol. The Morgan fingerprint density at radius 1 is 1.39 bits per heavy atom. The summed E-state index contributed by atoms with van der Waals surface area (Å²) in [5.74, 6) is 1.30. The van der Waals surface area contributed by atoms with Gasteiger partial charge in [0.15, 0.2) is 0 Å². The van der Waals surface area contributed by atoms with Crippen LogP contribution in [0.15, 0.2) is 30.3 Å². The molecule has 1 fully saturated rings. The van der Waals surface area contributed by atoms with Crippen LogP contribution in [-0.4, -0.2) is 30.8 Å². The first kappa shape index (κ1) is 13.9. The molecule has 1 saturated heterocycles. The van der Waals surface area contributed by atoms with Gasteiger partial charge >= 0.3 is 0 Å². The van der Waals surface area contributed by atoms with Crippen molar-refractivity contribution in [3.63, 3.8) is 0 Å². The van der Waals surface area contributed by atoms with E-state index in [1.807, 2.05) is 0 Å². The lowest BCUT2D eigenvalue weighted by molar-refractivity contribution is 0.165. The largest absolute Gasteiger partial charge is 0.383 e. The van der Waals surface area contributed by atoms with Gasteiger partial charge in [0.05, 0.1) is 12.6 Å². The van der Waals surface area contributed by atoms with Crippen molar-refractivity contribution in [1.29, 1.82) is 0 Å². The van der Waals surface area contributed by atoms with E-state index in [2.05, 4.69) is 54.3 Å². The van der Waals surface area contributed by atoms with Crippen LogP contribution < -0.4 is 5.32 Å². The lowest BCUT2D eigenvalue weighted by Gasteiger charge is -2.27. The van der Waals surface area contributed by atoms with Gasteiger partial charge in [-0.25, -0.2) is 0 Å². The molecule has 0 amide bonds. The van der Waals surface area contributed by atoms with Gasteiger partial charge in [0.25, 0.3) is 0 Å². The summed E-state index contributed by atoms with van der Waals surface area (Å²) in [7, 11) is 1.77. The number of methoxy groups -OCH3 is 1. The molecule has 1 aliphatic heterocycles. The zero-order valence-electron chi connectivity index (χ0n) is 11.3. The molecule has 1 aromatic rings. The van der Waals surface area contributed by atoms with Crippen LogP contribution in [0.2, 0.25) is 0 Å². The summed E-state index contributed by atoms with van der Waals surface area (Å²) in [5.41, 5.74) is 1.31. The van der Waals surface area contributed by atoms with Crippen LogP contribution in [0.1, 0.15) is 31.4 Å². The molecular formula is C15H23NOS. The summed E-state index contributed by atoms with van der Waals surface area (Å²) in [6, 6.07) is 10.9. The second-order valence-electron chi connectivity index (χ2n) is 5.20. The van der Waals surface area contributed by atoms with Crippen molar-refractivity contribution < 1.29 is 4.74 Å². The Labute approximate surface area is 114 Å². The Morgan fingerprint density at radius 2 is 2.17 bits per heavy atom. The summed E-state index contributed by atoms with van der Waals surface area (Å²) in [6.07, 6.45) is 2.67. The maximum absolute atomic E-state index is 5.34. The molecule has 2 unspecified atom stereocenters. The zero-order chi connectivity index (χ0) is 12.8. The first-order chi connectivity index (χ1) is 8.73. The summed E-state index contributed by atoms with van der Waals surface area (Å²) >= 11 is 2.10. The number of nitrogens with one attached hydrogen (secondary N) is 1. The molecule has 0 aliphatic carbocycles. The van der Waals surface area contributed by atoms with E-state index in [1.54, 1.807) is 7.11 Å². The first-order valence-corrected chi connectivity index (χ1v) is 7.63. The van der Waals surface area contributed by atoms with Crippen LogP contribution in [0, 0.1) is 0 Å². The molecule has 3 heteroatoms. The highest BCUT2D eigenvalue weighted by Crippen LogP contribution is 2.37. The van der Waals surface area contributed by atoms with Gasteiger partial charge in [-0.05, 0) is 31.1 Å². The Balaban J connectivity index is 1.94. The molecule has 0 radical (unpaired) electrons. The van der Waals surface area contributed by atoms with Crippen molar-refractivity contribution in [3.05, 3.63) is 35.9 Å². The van der Waals surface area contributed by atoms with Gasteiger partial charge in [-0.15, -0.1) is 0 Å². The first-order valence-electron chi connectivity index (χ1n) is 6.65. The van der Waals surface area contributed by atoms with E-state index in [9.17, 15) is 0 Å². The van der Waals surface area contributed by atoms with Crippen molar-refractivity contribution in [3.8, 4) is 0 Å². The van der Waals surface area contributed by atoms with Crippen molar-refractivity contribution >= 4 is 11.8 Å². The Bertz CT molecular complexity index is 349. The number of benzene rings is 1. The van der Waals surface area contributed by atoms with Crippen molar-refractivity contribution in [1.82, 2.24) is 5.32 Å². The molecule has 1 aromatic carbocycles. The van der Waals surface area contributed by atoms with E-state index in [-0.39, 0.29) is 0 Å². The highest BCUT2D eigenvalue weighted by molar-refractivity contribution is 8.00. The van der Waals surface area contributed by atoms with Crippen LogP contribution in [-0.2, 0) is 4.74 Å². The summed E-state index contributed by atoms with van der Waals surface area (Å²) in [6.45, 7) is 4.15. The molecule has 0 spiro atoms. The highest BCUT2D eigenvalue weighted by Gasteiger charge is 2.29. The van der Waals surface area contributed by atoms with Gasteiger partial charge in [-0.2, -0.15) is 11.8 Å². The molecule has 1 heterocycles. The molecule has 1 N–H and O–H groups in total. The minimum absolute atomic E-state index is 0.300. The fourth-order valence-electron chi connectivity index (χ4n) is 2.44. The quantitative estimate of drug-likeness (QED) is 0.853. The van der Waals surface area contributed by atoms with Gasteiger partial charge in [-0.1, -0.05) is 30.3 Å². The number of thioether (sulfide) groups is 1. The SMILES string of the molecule is COCC(NCC1(C)CCCS1)c1ccccc1. The molecule has 2 atom stereocenters. The highest BCUT2D eigenvalue weighted by atomic mass is 32.2. The Kier molecular flexibility index (Phi) is 5.10. The fraction of sp³-hybridized carbons (Fsp3) is 0.600. The number of hydrogen-bond donors (Lipinski definition) is 1. The normalized spacial score (nSPS) is 25.2. The predicted octanol–water partition coefficient (Wildman–Crippen LogP) is 3.25. The average Bonchev–Trinajstić information content (AvgIpc) is 2.83. The lowest BCUT2D eigenvalue weighted by Crippen LogP contribution is -2.36. The van der Waals surface area contributed by atoms with Crippen LogP contribution in [0.5, 0.6) is 0 Å². The molecule has 1 aliphatic rings. The van der Waals surface area contributed by atoms with Gasteiger partial charge in [0.1, 0.15) is 0 Å². The van der Waals surface area contributed by atoms with E-state index in [1.165, 1.54) is 24.2 Å². The second kappa shape index (κ2) is 6.60. The minimum Gasteiger partial charge on any atom is -0.383 e. The van der Waals surface area contributed by atoms with Gasteiger partial charge < -0.3 is 10.1 Å². The number of rotatable bonds is 6. The summed E-state index contributed by atoms with van der Waals surface area (Å²) in [4.78, 5) is 0. The van der Waals surface area contributed by atoms with Crippen LogP contribution in [0.4, 0.5) is 0 Å². The third-order valence-electron chi connectivity index (χ3n) is 3.56. The second-order valence-corrected chi connectivity index (χ2v) is 6.88. The van der Waals surface area contributed by atoms with E-state index >= 15 is 0 Å². The summed E-state index contributed by atoms with van der Waals surface area (Å²) < 4.78 is 5.74. The smallest absolute Gasteiger partial charge is 0.0657 e.